The van der Waals surface area contributed by atoms with Crippen LogP contribution in [-0.4, -0.2) is 34.8 Å². The predicted molar refractivity (Wildman–Crippen MR) is 73.2 cm³/mol. The van der Waals surface area contributed by atoms with Crippen molar-refractivity contribution in [2.75, 3.05) is 24.2 Å². The van der Waals surface area contributed by atoms with Crippen LogP contribution in [0.25, 0.3) is 0 Å². The molecule has 1 aliphatic heterocycles. The zero-order valence-electron chi connectivity index (χ0n) is 9.78. The number of aromatic amines is 1. The van der Waals surface area contributed by atoms with Crippen LogP contribution in [0.15, 0.2) is 11.0 Å². The highest BCUT2D eigenvalue weighted by Gasteiger charge is 2.20. The van der Waals surface area contributed by atoms with Gasteiger partial charge in [0.1, 0.15) is 5.02 Å². The average molecular weight is 274 g/mol. The highest BCUT2D eigenvalue weighted by molar-refractivity contribution is 7.99. The van der Waals surface area contributed by atoms with Crippen LogP contribution in [0.4, 0.5) is 5.69 Å². The first-order valence-electron chi connectivity index (χ1n) is 5.73. The van der Waals surface area contributed by atoms with E-state index in [0.29, 0.717) is 5.25 Å². The molecule has 1 aromatic rings. The van der Waals surface area contributed by atoms with E-state index in [1.165, 1.54) is 12.8 Å². The lowest BCUT2D eigenvalue weighted by Gasteiger charge is -2.25. The van der Waals surface area contributed by atoms with Gasteiger partial charge in [-0.15, -0.1) is 0 Å². The van der Waals surface area contributed by atoms with E-state index in [9.17, 15) is 4.79 Å². The number of halogens is 1. The molecule has 4 nitrogen and oxygen atoms in total. The Morgan fingerprint density at radius 2 is 2.41 bits per heavy atom. The van der Waals surface area contributed by atoms with E-state index in [4.69, 9.17) is 11.6 Å². The lowest BCUT2D eigenvalue weighted by Crippen LogP contribution is -2.31. The fraction of sp³-hybridized carbons (Fsp3) is 0.636. The molecule has 1 atom stereocenters. The average Bonchev–Trinajstić information content (AvgIpc) is 2.58. The molecule has 1 aliphatic rings. The van der Waals surface area contributed by atoms with Crippen molar-refractivity contribution in [1.82, 2.24) is 10.2 Å². The van der Waals surface area contributed by atoms with E-state index < -0.39 is 0 Å². The highest BCUT2D eigenvalue weighted by atomic mass is 35.5. The number of anilines is 1. The monoisotopic (exact) mass is 273 g/mol. The fourth-order valence-corrected chi connectivity index (χ4v) is 3.05. The van der Waals surface area contributed by atoms with Gasteiger partial charge in [0.15, 0.2) is 0 Å². The van der Waals surface area contributed by atoms with Gasteiger partial charge in [0.05, 0.1) is 11.9 Å². The molecule has 2 rings (SSSR count). The molecule has 1 fully saturated rings. The van der Waals surface area contributed by atoms with Crippen molar-refractivity contribution in [3.05, 3.63) is 21.6 Å². The number of hydrogen-bond acceptors (Lipinski definition) is 4. The van der Waals surface area contributed by atoms with Crippen molar-refractivity contribution >= 4 is 29.1 Å². The summed E-state index contributed by atoms with van der Waals surface area (Å²) in [5, 5.41) is 7.04. The molecule has 1 unspecified atom stereocenters. The van der Waals surface area contributed by atoms with Gasteiger partial charge in [0.2, 0.25) is 0 Å². The van der Waals surface area contributed by atoms with Crippen molar-refractivity contribution in [3.8, 4) is 0 Å². The molecule has 17 heavy (non-hydrogen) atoms. The molecular formula is C11H16ClN3OS. The lowest BCUT2D eigenvalue weighted by molar-refractivity contribution is 0.736. The first-order valence-corrected chi connectivity index (χ1v) is 7.40. The number of hydrogen-bond donors (Lipinski definition) is 1. The van der Waals surface area contributed by atoms with E-state index in [2.05, 4.69) is 21.4 Å². The number of thioether (sulfide) groups is 1. The Morgan fingerprint density at radius 1 is 1.59 bits per heavy atom. The number of rotatable bonds is 2. The second-order valence-corrected chi connectivity index (χ2v) is 5.71. The van der Waals surface area contributed by atoms with E-state index in [1.807, 2.05) is 11.8 Å². The molecule has 2 heterocycles. The van der Waals surface area contributed by atoms with Gasteiger partial charge in [0.25, 0.3) is 5.56 Å². The molecule has 94 valence electrons. The summed E-state index contributed by atoms with van der Waals surface area (Å²) >= 11 is 7.91. The van der Waals surface area contributed by atoms with Gasteiger partial charge in [-0.2, -0.15) is 16.9 Å². The summed E-state index contributed by atoms with van der Waals surface area (Å²) in [4.78, 5) is 13.6. The number of nitrogens with zero attached hydrogens (tertiary/aromatic N) is 2. The minimum atomic E-state index is -0.311. The molecule has 0 bridgehead atoms. The Hall–Kier alpha value is -0.680. The normalized spacial score (nSPS) is 21.3. The predicted octanol–water partition coefficient (Wildman–Crippen LogP) is 2.15. The molecule has 6 heteroatoms. The van der Waals surface area contributed by atoms with Gasteiger partial charge in [-0.3, -0.25) is 4.79 Å². The summed E-state index contributed by atoms with van der Waals surface area (Å²) in [5.41, 5.74) is 0.450. The highest BCUT2D eigenvalue weighted by Crippen LogP contribution is 2.27. The van der Waals surface area contributed by atoms with Crippen LogP contribution < -0.4 is 10.5 Å². The maximum Gasteiger partial charge on any atom is 0.285 e. The second-order valence-electron chi connectivity index (χ2n) is 4.20. The lowest BCUT2D eigenvalue weighted by atomic mass is 10.2. The number of nitrogens with one attached hydrogen (secondary N) is 1. The van der Waals surface area contributed by atoms with E-state index >= 15 is 0 Å². The van der Waals surface area contributed by atoms with Gasteiger partial charge in [-0.25, -0.2) is 5.10 Å². The van der Waals surface area contributed by atoms with Crippen LogP contribution >= 0.6 is 23.4 Å². The molecule has 0 spiro atoms. The zero-order chi connectivity index (χ0) is 12.3. The van der Waals surface area contributed by atoms with Gasteiger partial charge < -0.3 is 4.90 Å². The molecule has 1 saturated heterocycles. The summed E-state index contributed by atoms with van der Waals surface area (Å²) in [6.45, 7) is 1.88. The molecule has 1 aromatic heterocycles. The zero-order valence-corrected chi connectivity index (χ0v) is 11.4. The Balaban J connectivity index is 2.25. The third-order valence-electron chi connectivity index (χ3n) is 3.08. The summed E-state index contributed by atoms with van der Waals surface area (Å²) < 4.78 is 0. The standard InChI is InChI=1S/C11H16ClN3OS/c1-17-8-4-2-3-5-15(7-8)9-6-13-14-11(16)10(9)12/h6,8H,2-5,7H2,1H3,(H,14,16). The maximum absolute atomic E-state index is 11.4. The topological polar surface area (TPSA) is 49.0 Å². The number of aromatic nitrogens is 2. The van der Waals surface area contributed by atoms with Crippen molar-refractivity contribution in [1.29, 1.82) is 0 Å². The van der Waals surface area contributed by atoms with E-state index in [0.717, 1.165) is 25.2 Å². The Kier molecular flexibility index (Phi) is 4.34. The van der Waals surface area contributed by atoms with Crippen LogP contribution in [0.3, 0.4) is 0 Å². The van der Waals surface area contributed by atoms with Crippen LogP contribution in [-0.2, 0) is 0 Å². The maximum atomic E-state index is 11.4. The van der Waals surface area contributed by atoms with Crippen LogP contribution in [0.5, 0.6) is 0 Å². The minimum absolute atomic E-state index is 0.252. The van der Waals surface area contributed by atoms with Gasteiger partial charge >= 0.3 is 0 Å². The molecule has 0 aromatic carbocycles. The van der Waals surface area contributed by atoms with Crippen LogP contribution in [0.1, 0.15) is 19.3 Å². The Morgan fingerprint density at radius 3 is 3.18 bits per heavy atom. The van der Waals surface area contributed by atoms with E-state index in [-0.39, 0.29) is 10.6 Å². The van der Waals surface area contributed by atoms with Gasteiger partial charge in [-0.05, 0) is 19.1 Å². The minimum Gasteiger partial charge on any atom is -0.368 e. The Bertz CT molecular complexity index is 437. The summed E-state index contributed by atoms with van der Waals surface area (Å²) in [6, 6.07) is 0. The van der Waals surface area contributed by atoms with Crippen molar-refractivity contribution in [2.45, 2.75) is 24.5 Å². The summed E-state index contributed by atoms with van der Waals surface area (Å²) in [7, 11) is 0. The third kappa shape index (κ3) is 2.96. The van der Waals surface area contributed by atoms with Crippen molar-refractivity contribution in [3.63, 3.8) is 0 Å². The van der Waals surface area contributed by atoms with Gasteiger partial charge in [0, 0.05) is 18.3 Å². The number of H-pyrrole nitrogens is 1. The largest absolute Gasteiger partial charge is 0.368 e. The summed E-state index contributed by atoms with van der Waals surface area (Å²) in [5.74, 6) is 0. The molecule has 0 aliphatic carbocycles. The second kappa shape index (κ2) is 5.78. The fourth-order valence-electron chi connectivity index (χ4n) is 2.11. The van der Waals surface area contributed by atoms with Gasteiger partial charge in [-0.1, -0.05) is 18.0 Å². The first-order chi connectivity index (χ1) is 8.22. The molecule has 0 radical (unpaired) electrons. The summed E-state index contributed by atoms with van der Waals surface area (Å²) in [6.07, 6.45) is 7.38. The van der Waals surface area contributed by atoms with E-state index in [1.54, 1.807) is 6.20 Å². The van der Waals surface area contributed by atoms with Crippen molar-refractivity contribution < 1.29 is 0 Å². The molecule has 1 N–H and O–H groups in total. The van der Waals surface area contributed by atoms with Crippen molar-refractivity contribution in [2.24, 2.45) is 0 Å². The van der Waals surface area contributed by atoms with Crippen LogP contribution in [0, 0.1) is 0 Å². The SMILES string of the molecule is CSC1CCCCN(c2cn[nH]c(=O)c2Cl)C1. The molecule has 0 saturated carbocycles. The Labute approximate surface area is 110 Å². The van der Waals surface area contributed by atoms with Crippen LogP contribution in [0.2, 0.25) is 5.02 Å². The smallest absolute Gasteiger partial charge is 0.285 e. The third-order valence-corrected chi connectivity index (χ3v) is 4.50. The first kappa shape index (κ1) is 12.8. The quantitative estimate of drug-likeness (QED) is 0.897. The molecule has 0 amide bonds. The molecular weight excluding hydrogens is 258 g/mol.